The molecule has 2 heterocycles. The summed E-state index contributed by atoms with van der Waals surface area (Å²) < 4.78 is 0. The highest BCUT2D eigenvalue weighted by molar-refractivity contribution is 5.93. The van der Waals surface area contributed by atoms with E-state index in [4.69, 9.17) is 9.90 Å². The number of aromatic nitrogens is 4. The number of rotatable bonds is 4. The fourth-order valence-electron chi connectivity index (χ4n) is 1.40. The fraction of sp³-hybridized carbons (Fsp3) is 0.273. The highest BCUT2D eigenvalue weighted by Crippen LogP contribution is 1.99. The number of carbonyl (C=O) groups is 2. The van der Waals surface area contributed by atoms with Gasteiger partial charge in [-0.25, -0.2) is 9.97 Å². The normalized spacial score (nSPS) is 9.32. The number of carbonyl (C=O) groups excluding carboxylic acids is 1. The maximum Gasteiger partial charge on any atom is 0.290 e. The average molecular weight is 265 g/mol. The van der Waals surface area contributed by atoms with Crippen LogP contribution in [0.2, 0.25) is 0 Å². The van der Waals surface area contributed by atoms with Crippen molar-refractivity contribution in [2.45, 2.75) is 13.3 Å². The van der Waals surface area contributed by atoms with Crippen LogP contribution in [0.25, 0.3) is 0 Å². The van der Waals surface area contributed by atoms with Gasteiger partial charge in [-0.15, -0.1) is 0 Å². The third kappa shape index (κ3) is 4.62. The summed E-state index contributed by atoms with van der Waals surface area (Å²) in [5.41, 5.74) is 2.22. The van der Waals surface area contributed by atoms with Gasteiger partial charge in [-0.05, 0) is 6.92 Å². The molecule has 0 radical (unpaired) electrons. The molecule has 0 saturated carbocycles. The molecule has 0 aliphatic heterocycles. The largest absolute Gasteiger partial charge is 0.483 e. The van der Waals surface area contributed by atoms with Gasteiger partial charge in [0.15, 0.2) is 0 Å². The highest BCUT2D eigenvalue weighted by Gasteiger charge is 2.10. The van der Waals surface area contributed by atoms with Crippen molar-refractivity contribution in [1.82, 2.24) is 25.3 Å². The molecule has 0 atom stereocenters. The van der Waals surface area contributed by atoms with E-state index in [1.54, 1.807) is 12.5 Å². The summed E-state index contributed by atoms with van der Waals surface area (Å²) in [7, 11) is 0. The first-order valence-corrected chi connectivity index (χ1v) is 5.52. The van der Waals surface area contributed by atoms with E-state index in [1.165, 1.54) is 6.33 Å². The van der Waals surface area contributed by atoms with Crippen LogP contribution in [0, 0.1) is 6.92 Å². The molecule has 0 unspecified atom stereocenters. The standard InChI is InChI=1S/C10H13N5O.CH2O2/c1-7-9(15-6-13-7)10(16)12-3-2-8-4-11-5-14-8;2-1-3/h4-6H,2-3H2,1H3,(H,11,14)(H,12,16)(H,13,15);1H,(H,2,3). The zero-order chi connectivity index (χ0) is 14.1. The predicted molar refractivity (Wildman–Crippen MR) is 66.6 cm³/mol. The number of carboxylic acid groups (broad SMARTS) is 1. The zero-order valence-electron chi connectivity index (χ0n) is 10.4. The van der Waals surface area contributed by atoms with Crippen LogP contribution >= 0.6 is 0 Å². The Morgan fingerprint density at radius 1 is 1.47 bits per heavy atom. The number of hydrogen-bond acceptors (Lipinski definition) is 4. The van der Waals surface area contributed by atoms with Crippen molar-refractivity contribution < 1.29 is 14.7 Å². The lowest BCUT2D eigenvalue weighted by Gasteiger charge is -2.02. The minimum atomic E-state index is -0.250. The zero-order valence-corrected chi connectivity index (χ0v) is 10.4. The van der Waals surface area contributed by atoms with Gasteiger partial charge in [0.1, 0.15) is 5.69 Å². The summed E-state index contributed by atoms with van der Waals surface area (Å²) in [4.78, 5) is 33.7. The topological polar surface area (TPSA) is 124 Å². The number of aryl methyl sites for hydroxylation is 1. The van der Waals surface area contributed by atoms with Crippen LogP contribution in [0.3, 0.4) is 0 Å². The van der Waals surface area contributed by atoms with Crippen LogP contribution in [-0.2, 0) is 11.2 Å². The number of aromatic amines is 2. The van der Waals surface area contributed by atoms with Crippen LogP contribution in [-0.4, -0.2) is 44.0 Å². The van der Waals surface area contributed by atoms with Crippen LogP contribution < -0.4 is 5.32 Å². The second-order valence-electron chi connectivity index (χ2n) is 3.56. The lowest BCUT2D eigenvalue weighted by molar-refractivity contribution is -0.122. The SMILES string of the molecule is Cc1[nH]cnc1C(=O)NCCc1cnc[nH]1.O=CO. The maximum absolute atomic E-state index is 11.6. The molecule has 8 nitrogen and oxygen atoms in total. The van der Waals surface area contributed by atoms with Crippen molar-refractivity contribution in [3.05, 3.63) is 35.9 Å². The molecule has 0 saturated heterocycles. The summed E-state index contributed by atoms with van der Waals surface area (Å²) in [6.07, 6.45) is 5.61. The molecular formula is C11H15N5O3. The molecule has 1 amide bonds. The molecule has 0 bridgehead atoms. The van der Waals surface area contributed by atoms with E-state index in [0.29, 0.717) is 12.2 Å². The van der Waals surface area contributed by atoms with Crippen molar-refractivity contribution >= 4 is 12.4 Å². The number of amides is 1. The van der Waals surface area contributed by atoms with Crippen molar-refractivity contribution in [1.29, 1.82) is 0 Å². The Morgan fingerprint density at radius 2 is 2.21 bits per heavy atom. The van der Waals surface area contributed by atoms with Crippen molar-refractivity contribution in [2.75, 3.05) is 6.54 Å². The number of H-pyrrole nitrogens is 2. The molecule has 8 heteroatoms. The van der Waals surface area contributed by atoms with Crippen molar-refractivity contribution in [3.8, 4) is 0 Å². The van der Waals surface area contributed by atoms with Gasteiger partial charge in [0.05, 0.1) is 12.7 Å². The van der Waals surface area contributed by atoms with Gasteiger partial charge in [0.25, 0.3) is 12.4 Å². The monoisotopic (exact) mass is 265 g/mol. The number of nitrogens with zero attached hydrogens (tertiary/aromatic N) is 2. The molecule has 2 aromatic heterocycles. The Labute approximate surface area is 109 Å². The summed E-state index contributed by atoms with van der Waals surface area (Å²) in [5.74, 6) is -0.154. The molecule has 19 heavy (non-hydrogen) atoms. The van der Waals surface area contributed by atoms with E-state index < -0.39 is 0 Å². The van der Waals surface area contributed by atoms with Crippen LogP contribution in [0.1, 0.15) is 21.9 Å². The first-order chi connectivity index (χ1) is 9.19. The van der Waals surface area contributed by atoms with E-state index >= 15 is 0 Å². The van der Waals surface area contributed by atoms with Gasteiger partial charge >= 0.3 is 0 Å². The molecule has 0 spiro atoms. The number of imidazole rings is 2. The number of nitrogens with one attached hydrogen (secondary N) is 3. The van der Waals surface area contributed by atoms with Gasteiger partial charge in [-0.3, -0.25) is 9.59 Å². The van der Waals surface area contributed by atoms with Crippen molar-refractivity contribution in [3.63, 3.8) is 0 Å². The first kappa shape index (κ1) is 14.4. The highest BCUT2D eigenvalue weighted by atomic mass is 16.3. The average Bonchev–Trinajstić information content (AvgIpc) is 3.01. The van der Waals surface area contributed by atoms with Gasteiger partial charge in [-0.1, -0.05) is 0 Å². The first-order valence-electron chi connectivity index (χ1n) is 5.52. The van der Waals surface area contributed by atoms with E-state index in [0.717, 1.165) is 17.8 Å². The predicted octanol–water partition coefficient (Wildman–Crippen LogP) is 0.115. The Hall–Kier alpha value is -2.64. The minimum absolute atomic E-state index is 0.154. The summed E-state index contributed by atoms with van der Waals surface area (Å²) >= 11 is 0. The Balaban J connectivity index is 0.000000550. The van der Waals surface area contributed by atoms with Gasteiger partial charge in [0.2, 0.25) is 0 Å². The second-order valence-corrected chi connectivity index (χ2v) is 3.56. The molecule has 2 aromatic rings. The van der Waals surface area contributed by atoms with Crippen LogP contribution in [0.15, 0.2) is 18.9 Å². The molecule has 4 N–H and O–H groups in total. The molecule has 102 valence electrons. The van der Waals surface area contributed by atoms with E-state index in [1.807, 2.05) is 6.92 Å². The quantitative estimate of drug-likeness (QED) is 0.584. The third-order valence-electron chi connectivity index (χ3n) is 2.28. The maximum atomic E-state index is 11.6. The van der Waals surface area contributed by atoms with Gasteiger partial charge in [0, 0.05) is 30.6 Å². The molecular weight excluding hydrogens is 250 g/mol. The minimum Gasteiger partial charge on any atom is -0.483 e. The Morgan fingerprint density at radius 3 is 2.74 bits per heavy atom. The van der Waals surface area contributed by atoms with Gasteiger partial charge < -0.3 is 20.4 Å². The molecule has 0 fully saturated rings. The molecule has 0 aromatic carbocycles. The van der Waals surface area contributed by atoms with E-state index in [-0.39, 0.29) is 12.4 Å². The Bertz CT molecular complexity index is 506. The molecule has 0 aliphatic carbocycles. The smallest absolute Gasteiger partial charge is 0.290 e. The van der Waals surface area contributed by atoms with Crippen molar-refractivity contribution in [2.24, 2.45) is 0 Å². The number of hydrogen-bond donors (Lipinski definition) is 4. The lowest BCUT2D eigenvalue weighted by atomic mass is 10.3. The van der Waals surface area contributed by atoms with Crippen LogP contribution in [0.4, 0.5) is 0 Å². The Kier molecular flexibility index (Phi) is 5.80. The lowest BCUT2D eigenvalue weighted by Crippen LogP contribution is -2.26. The summed E-state index contributed by atoms with van der Waals surface area (Å²) in [5, 5.41) is 9.68. The second kappa shape index (κ2) is 7.64. The third-order valence-corrected chi connectivity index (χ3v) is 2.28. The van der Waals surface area contributed by atoms with E-state index in [9.17, 15) is 4.79 Å². The van der Waals surface area contributed by atoms with Gasteiger partial charge in [-0.2, -0.15) is 0 Å². The molecule has 2 rings (SSSR count). The van der Waals surface area contributed by atoms with E-state index in [2.05, 4.69) is 25.3 Å². The summed E-state index contributed by atoms with van der Waals surface area (Å²) in [6, 6.07) is 0. The molecule has 0 aliphatic rings. The summed E-state index contributed by atoms with van der Waals surface area (Å²) in [6.45, 7) is 2.13. The fourth-order valence-corrected chi connectivity index (χ4v) is 1.40. The van der Waals surface area contributed by atoms with Crippen LogP contribution in [0.5, 0.6) is 0 Å².